The molecule has 1 aromatic carbocycles. The van der Waals surface area contributed by atoms with Gasteiger partial charge in [0.1, 0.15) is 0 Å². The van der Waals surface area contributed by atoms with Crippen molar-refractivity contribution in [3.05, 3.63) is 29.8 Å². The van der Waals surface area contributed by atoms with E-state index in [0.717, 1.165) is 5.56 Å². The number of benzene rings is 1. The Morgan fingerprint density at radius 3 is 2.25 bits per heavy atom. The van der Waals surface area contributed by atoms with Gasteiger partial charge in [-0.05, 0) is 11.0 Å². The first-order chi connectivity index (χ1) is 5.74. The highest BCUT2D eigenvalue weighted by atomic mass is 16.4. The fraction of sp³-hybridized carbons (Fsp3) is 0.111. The second kappa shape index (κ2) is 3.96. The van der Waals surface area contributed by atoms with Gasteiger partial charge in [0.2, 0.25) is 0 Å². The Kier molecular flexibility index (Phi) is 2.92. The molecular formula is C9H9BO2. The molecule has 0 atom stereocenters. The topological polar surface area (TPSA) is 40.5 Å². The maximum Gasteiger partial charge on any atom is 0.488 e. The van der Waals surface area contributed by atoms with Crippen molar-refractivity contribution >= 4 is 12.6 Å². The third-order valence-corrected chi connectivity index (χ3v) is 1.58. The molecule has 0 heterocycles. The van der Waals surface area contributed by atoms with Gasteiger partial charge >= 0.3 is 7.12 Å². The first kappa shape index (κ1) is 8.86. The van der Waals surface area contributed by atoms with Crippen LogP contribution in [0.25, 0.3) is 0 Å². The Balaban J connectivity index is 2.80. The van der Waals surface area contributed by atoms with Gasteiger partial charge in [-0.15, -0.1) is 12.3 Å². The van der Waals surface area contributed by atoms with Crippen LogP contribution in [0, 0.1) is 12.3 Å². The summed E-state index contributed by atoms with van der Waals surface area (Å²) >= 11 is 0. The van der Waals surface area contributed by atoms with Crippen LogP contribution in [0.3, 0.4) is 0 Å². The van der Waals surface area contributed by atoms with Crippen molar-refractivity contribution in [3.63, 3.8) is 0 Å². The van der Waals surface area contributed by atoms with Crippen molar-refractivity contribution in [3.8, 4) is 12.3 Å². The first-order valence-electron chi connectivity index (χ1n) is 3.62. The number of terminal acetylenes is 1. The molecule has 0 bridgehead atoms. The molecule has 3 heteroatoms. The highest BCUT2D eigenvalue weighted by molar-refractivity contribution is 6.58. The molecule has 0 saturated heterocycles. The fourth-order valence-corrected chi connectivity index (χ4v) is 0.925. The van der Waals surface area contributed by atoms with Gasteiger partial charge in [0.05, 0.1) is 0 Å². The molecule has 2 N–H and O–H groups in total. The largest absolute Gasteiger partial charge is 0.488 e. The Hall–Kier alpha value is -1.24. The lowest BCUT2D eigenvalue weighted by Gasteiger charge is -1.99. The molecular weight excluding hydrogens is 151 g/mol. The predicted octanol–water partition coefficient (Wildman–Crippen LogP) is -0.458. The molecule has 0 amide bonds. The van der Waals surface area contributed by atoms with Crippen LogP contribution in [0.1, 0.15) is 5.56 Å². The van der Waals surface area contributed by atoms with E-state index in [4.69, 9.17) is 16.5 Å². The Morgan fingerprint density at radius 1 is 1.25 bits per heavy atom. The average molecular weight is 160 g/mol. The van der Waals surface area contributed by atoms with Crippen molar-refractivity contribution in [2.24, 2.45) is 0 Å². The summed E-state index contributed by atoms with van der Waals surface area (Å²) < 4.78 is 0. The van der Waals surface area contributed by atoms with E-state index in [1.807, 2.05) is 0 Å². The average Bonchev–Trinajstić information content (AvgIpc) is 2.06. The van der Waals surface area contributed by atoms with Crippen molar-refractivity contribution < 1.29 is 10.0 Å². The van der Waals surface area contributed by atoms with E-state index in [2.05, 4.69) is 5.92 Å². The van der Waals surface area contributed by atoms with Gasteiger partial charge in [0, 0.05) is 6.42 Å². The molecule has 0 saturated carbocycles. The molecule has 1 aromatic rings. The number of hydrogen-bond acceptors (Lipinski definition) is 2. The van der Waals surface area contributed by atoms with Crippen LogP contribution >= 0.6 is 0 Å². The Morgan fingerprint density at radius 2 is 1.83 bits per heavy atom. The molecule has 12 heavy (non-hydrogen) atoms. The van der Waals surface area contributed by atoms with Gasteiger partial charge in [-0.25, -0.2) is 0 Å². The third-order valence-electron chi connectivity index (χ3n) is 1.58. The lowest BCUT2D eigenvalue weighted by Crippen LogP contribution is -2.29. The van der Waals surface area contributed by atoms with Crippen LogP contribution in [-0.2, 0) is 6.42 Å². The lowest BCUT2D eigenvalue weighted by atomic mass is 9.80. The summed E-state index contributed by atoms with van der Waals surface area (Å²) in [4.78, 5) is 0. The molecule has 0 unspecified atom stereocenters. The van der Waals surface area contributed by atoms with E-state index in [1.165, 1.54) is 0 Å². The van der Waals surface area contributed by atoms with Crippen LogP contribution in [0.4, 0.5) is 0 Å². The monoisotopic (exact) mass is 160 g/mol. The summed E-state index contributed by atoms with van der Waals surface area (Å²) in [6.45, 7) is 0. The minimum atomic E-state index is -1.40. The molecule has 1 rings (SSSR count). The standard InChI is InChI=1S/C9H9BO2/c1-2-3-8-4-6-9(7-5-8)10(11)12/h1,4-7,11-12H,3H2. The van der Waals surface area contributed by atoms with Gasteiger partial charge in [-0.3, -0.25) is 0 Å². The highest BCUT2D eigenvalue weighted by Crippen LogP contribution is 1.97. The second-order valence-corrected chi connectivity index (χ2v) is 2.50. The molecule has 0 radical (unpaired) electrons. The molecule has 0 aliphatic carbocycles. The molecule has 0 aliphatic rings. The highest BCUT2D eigenvalue weighted by Gasteiger charge is 2.08. The Labute approximate surface area is 72.0 Å². The minimum Gasteiger partial charge on any atom is -0.423 e. The zero-order valence-corrected chi connectivity index (χ0v) is 6.57. The van der Waals surface area contributed by atoms with E-state index < -0.39 is 7.12 Å². The van der Waals surface area contributed by atoms with E-state index in [-0.39, 0.29) is 0 Å². The zero-order valence-electron chi connectivity index (χ0n) is 6.57. The summed E-state index contributed by atoms with van der Waals surface area (Å²) in [6, 6.07) is 6.87. The van der Waals surface area contributed by atoms with Gasteiger partial charge in [0.25, 0.3) is 0 Å². The SMILES string of the molecule is C#CCc1ccc(B(O)O)cc1. The van der Waals surface area contributed by atoms with E-state index in [9.17, 15) is 0 Å². The minimum absolute atomic E-state index is 0.482. The maximum absolute atomic E-state index is 8.76. The predicted molar refractivity (Wildman–Crippen MR) is 48.8 cm³/mol. The van der Waals surface area contributed by atoms with Crippen LogP contribution in [-0.4, -0.2) is 17.2 Å². The van der Waals surface area contributed by atoms with Crippen LogP contribution in [0.2, 0.25) is 0 Å². The van der Waals surface area contributed by atoms with Crippen molar-refractivity contribution in [2.75, 3.05) is 0 Å². The van der Waals surface area contributed by atoms with Crippen molar-refractivity contribution in [2.45, 2.75) is 6.42 Å². The number of rotatable bonds is 2. The normalized spacial score (nSPS) is 9.08. The van der Waals surface area contributed by atoms with Crippen LogP contribution in [0.15, 0.2) is 24.3 Å². The van der Waals surface area contributed by atoms with Crippen molar-refractivity contribution in [1.29, 1.82) is 0 Å². The first-order valence-corrected chi connectivity index (χ1v) is 3.62. The Bertz CT molecular complexity index is 284. The lowest BCUT2D eigenvalue weighted by molar-refractivity contribution is 0.426. The summed E-state index contributed by atoms with van der Waals surface area (Å²) in [5.41, 5.74) is 1.48. The fourth-order valence-electron chi connectivity index (χ4n) is 0.925. The quantitative estimate of drug-likeness (QED) is 0.454. The van der Waals surface area contributed by atoms with Crippen LogP contribution < -0.4 is 5.46 Å². The zero-order chi connectivity index (χ0) is 8.97. The van der Waals surface area contributed by atoms with E-state index >= 15 is 0 Å². The third kappa shape index (κ3) is 2.13. The molecule has 0 spiro atoms. The van der Waals surface area contributed by atoms with Gasteiger partial charge in [-0.2, -0.15) is 0 Å². The smallest absolute Gasteiger partial charge is 0.423 e. The summed E-state index contributed by atoms with van der Waals surface area (Å²) in [5, 5.41) is 17.5. The maximum atomic E-state index is 8.76. The molecule has 0 aromatic heterocycles. The molecule has 0 aliphatic heterocycles. The second-order valence-electron chi connectivity index (χ2n) is 2.50. The number of hydrogen-bond donors (Lipinski definition) is 2. The summed E-state index contributed by atoms with van der Waals surface area (Å²) in [7, 11) is -1.40. The van der Waals surface area contributed by atoms with Gasteiger partial charge in [-0.1, -0.05) is 24.3 Å². The molecule has 0 fully saturated rings. The molecule has 60 valence electrons. The summed E-state index contributed by atoms with van der Waals surface area (Å²) in [6.07, 6.45) is 5.68. The molecule has 2 nitrogen and oxygen atoms in total. The van der Waals surface area contributed by atoms with Gasteiger partial charge < -0.3 is 10.0 Å². The van der Waals surface area contributed by atoms with Gasteiger partial charge in [0.15, 0.2) is 0 Å². The van der Waals surface area contributed by atoms with Crippen molar-refractivity contribution in [1.82, 2.24) is 0 Å². The van der Waals surface area contributed by atoms with E-state index in [0.29, 0.717) is 11.9 Å². The van der Waals surface area contributed by atoms with Crippen LogP contribution in [0.5, 0.6) is 0 Å². The summed E-state index contributed by atoms with van der Waals surface area (Å²) in [5.74, 6) is 2.51. The van der Waals surface area contributed by atoms with E-state index in [1.54, 1.807) is 24.3 Å².